The third-order valence-corrected chi connectivity index (χ3v) is 8.10. The van der Waals surface area contributed by atoms with Gasteiger partial charge in [-0.2, -0.15) is 0 Å². The number of carbonyl (C=O) groups is 2. The summed E-state index contributed by atoms with van der Waals surface area (Å²) in [4.78, 5) is 23.9. The third-order valence-electron chi connectivity index (χ3n) is 8.10. The second kappa shape index (κ2) is 25.5. The highest BCUT2D eigenvalue weighted by Crippen LogP contribution is 2.34. The fraction of sp³-hybridized carbons (Fsp3) is 0.833. The Labute approximate surface area is 249 Å². The van der Waals surface area contributed by atoms with Gasteiger partial charge in [-0.25, -0.2) is 0 Å². The fourth-order valence-electron chi connectivity index (χ4n) is 5.16. The molecular weight excluding hydrogens is 496 g/mol. The Bertz CT molecular complexity index is 664. The first kappa shape index (κ1) is 38.7. The van der Waals surface area contributed by atoms with Gasteiger partial charge < -0.3 is 9.47 Å². The first-order chi connectivity index (χ1) is 19.2. The van der Waals surface area contributed by atoms with Gasteiger partial charge in [-0.15, -0.1) is 0 Å². The molecule has 0 aliphatic heterocycles. The van der Waals surface area contributed by atoms with Crippen molar-refractivity contribution in [3.63, 3.8) is 0 Å². The maximum absolute atomic E-state index is 12.0. The second-order valence-corrected chi connectivity index (χ2v) is 12.6. The van der Waals surface area contributed by atoms with Crippen LogP contribution in [0.5, 0.6) is 0 Å². The summed E-state index contributed by atoms with van der Waals surface area (Å²) in [5, 5.41) is 0. The molecule has 0 aliphatic rings. The molecule has 0 amide bonds. The average Bonchev–Trinajstić information content (AvgIpc) is 2.92. The van der Waals surface area contributed by atoms with Crippen LogP contribution in [0.15, 0.2) is 24.3 Å². The standard InChI is InChI=1S/C36H66O4/c1-8-10-12-14-16-19-25-36(26-20-17-15-13-11-9-2,29-39-27-21-18-22-34(37)31(3)4)30-40-28-33(7)23-24-35(38)32(5)6/h33H,3,5,8-30H2,1-2,4,6-7H3. The fourth-order valence-corrected chi connectivity index (χ4v) is 5.16. The van der Waals surface area contributed by atoms with E-state index in [4.69, 9.17) is 9.47 Å². The van der Waals surface area contributed by atoms with E-state index in [2.05, 4.69) is 33.9 Å². The molecule has 0 bridgehead atoms. The molecule has 40 heavy (non-hydrogen) atoms. The molecule has 0 spiro atoms. The van der Waals surface area contributed by atoms with Crippen LogP contribution >= 0.6 is 0 Å². The zero-order valence-electron chi connectivity index (χ0n) is 27.4. The van der Waals surface area contributed by atoms with E-state index in [0.717, 1.165) is 45.3 Å². The van der Waals surface area contributed by atoms with E-state index in [1.54, 1.807) is 13.8 Å². The predicted molar refractivity (Wildman–Crippen MR) is 172 cm³/mol. The molecule has 0 aromatic rings. The molecule has 0 aromatic carbocycles. The first-order valence-electron chi connectivity index (χ1n) is 16.7. The summed E-state index contributed by atoms with van der Waals surface area (Å²) in [6, 6.07) is 0. The van der Waals surface area contributed by atoms with Crippen LogP contribution in [0.2, 0.25) is 0 Å². The van der Waals surface area contributed by atoms with Crippen LogP contribution in [-0.2, 0) is 19.1 Å². The highest BCUT2D eigenvalue weighted by Gasteiger charge is 2.30. The van der Waals surface area contributed by atoms with Crippen molar-refractivity contribution in [2.24, 2.45) is 11.3 Å². The summed E-state index contributed by atoms with van der Waals surface area (Å²) >= 11 is 0. The summed E-state index contributed by atoms with van der Waals surface area (Å²) in [6.07, 6.45) is 21.5. The molecule has 0 aliphatic carbocycles. The lowest BCUT2D eigenvalue weighted by atomic mass is 9.79. The zero-order valence-corrected chi connectivity index (χ0v) is 27.4. The SMILES string of the molecule is C=C(C)C(=O)CCCCOCC(CCCCCCCC)(CCCCCCCC)COCC(C)CCC(=O)C(=C)C. The van der Waals surface area contributed by atoms with Gasteiger partial charge in [0.05, 0.1) is 13.2 Å². The van der Waals surface area contributed by atoms with E-state index < -0.39 is 0 Å². The quantitative estimate of drug-likeness (QED) is 0.0645. The molecule has 0 heterocycles. The van der Waals surface area contributed by atoms with Crippen LogP contribution in [0.1, 0.15) is 157 Å². The van der Waals surface area contributed by atoms with Crippen molar-refractivity contribution in [2.45, 2.75) is 157 Å². The first-order valence-corrected chi connectivity index (χ1v) is 16.7. The number of Topliss-reactive ketones (excluding diaryl/α,β-unsaturated/α-hetero) is 2. The van der Waals surface area contributed by atoms with E-state index in [-0.39, 0.29) is 17.0 Å². The summed E-state index contributed by atoms with van der Waals surface area (Å²) < 4.78 is 12.7. The number of unbranched alkanes of at least 4 members (excludes halogenated alkanes) is 11. The van der Waals surface area contributed by atoms with Crippen LogP contribution in [0.25, 0.3) is 0 Å². The van der Waals surface area contributed by atoms with Gasteiger partial charge in [0.15, 0.2) is 11.6 Å². The minimum Gasteiger partial charge on any atom is -0.381 e. The number of allylic oxidation sites excluding steroid dienone is 2. The maximum atomic E-state index is 12.0. The Morgan fingerprint density at radius 3 is 1.65 bits per heavy atom. The van der Waals surface area contributed by atoms with Gasteiger partial charge in [0.25, 0.3) is 0 Å². The van der Waals surface area contributed by atoms with Crippen molar-refractivity contribution in [1.29, 1.82) is 0 Å². The number of hydrogen-bond donors (Lipinski definition) is 0. The van der Waals surface area contributed by atoms with E-state index in [0.29, 0.717) is 43.1 Å². The zero-order chi connectivity index (χ0) is 30.1. The molecule has 1 unspecified atom stereocenters. The Morgan fingerprint density at radius 1 is 0.650 bits per heavy atom. The Hall–Kier alpha value is -1.26. The normalized spacial score (nSPS) is 12.4. The summed E-state index contributed by atoms with van der Waals surface area (Å²) in [5.74, 6) is 0.662. The van der Waals surface area contributed by atoms with Crippen LogP contribution in [0.4, 0.5) is 0 Å². The van der Waals surface area contributed by atoms with Crippen LogP contribution in [-0.4, -0.2) is 38.0 Å². The minimum atomic E-state index is 0.0380. The van der Waals surface area contributed by atoms with Crippen molar-refractivity contribution in [3.05, 3.63) is 24.3 Å². The van der Waals surface area contributed by atoms with Gasteiger partial charge >= 0.3 is 0 Å². The van der Waals surface area contributed by atoms with Gasteiger partial charge in [-0.1, -0.05) is 111 Å². The average molecular weight is 563 g/mol. The van der Waals surface area contributed by atoms with Crippen molar-refractivity contribution in [2.75, 3.05) is 26.4 Å². The summed E-state index contributed by atoms with van der Waals surface area (Å²) in [5.41, 5.74) is 1.33. The van der Waals surface area contributed by atoms with Gasteiger partial charge in [-0.3, -0.25) is 9.59 Å². The van der Waals surface area contributed by atoms with Crippen molar-refractivity contribution in [3.8, 4) is 0 Å². The van der Waals surface area contributed by atoms with Gasteiger partial charge in [0.2, 0.25) is 0 Å². The van der Waals surface area contributed by atoms with Gasteiger partial charge in [0, 0.05) is 31.5 Å². The topological polar surface area (TPSA) is 52.6 Å². The van der Waals surface area contributed by atoms with E-state index in [9.17, 15) is 9.59 Å². The third kappa shape index (κ3) is 21.5. The van der Waals surface area contributed by atoms with E-state index in [1.807, 2.05) is 0 Å². The maximum Gasteiger partial charge on any atom is 0.157 e. The number of ketones is 2. The van der Waals surface area contributed by atoms with Gasteiger partial charge in [-0.05, 0) is 63.0 Å². The number of carbonyl (C=O) groups excluding carboxylic acids is 2. The van der Waals surface area contributed by atoms with Crippen LogP contribution < -0.4 is 0 Å². The molecule has 0 saturated carbocycles. The van der Waals surface area contributed by atoms with Crippen LogP contribution in [0.3, 0.4) is 0 Å². The van der Waals surface area contributed by atoms with Crippen molar-refractivity contribution in [1.82, 2.24) is 0 Å². The highest BCUT2D eigenvalue weighted by atomic mass is 16.5. The monoisotopic (exact) mass is 562 g/mol. The molecule has 1 atom stereocenters. The largest absolute Gasteiger partial charge is 0.381 e. The highest BCUT2D eigenvalue weighted by molar-refractivity contribution is 5.94. The number of ether oxygens (including phenoxy) is 2. The van der Waals surface area contributed by atoms with Crippen molar-refractivity contribution < 1.29 is 19.1 Å². The van der Waals surface area contributed by atoms with E-state index in [1.165, 1.54) is 77.0 Å². The lowest BCUT2D eigenvalue weighted by molar-refractivity contribution is -0.116. The molecule has 0 rings (SSSR count). The molecular formula is C36H66O4. The Kier molecular flexibility index (Phi) is 24.6. The van der Waals surface area contributed by atoms with Gasteiger partial charge in [0.1, 0.15) is 0 Å². The molecule has 4 nitrogen and oxygen atoms in total. The molecule has 0 radical (unpaired) electrons. The molecule has 0 fully saturated rings. The molecule has 4 heteroatoms. The molecule has 0 N–H and O–H groups in total. The Morgan fingerprint density at radius 2 is 1.12 bits per heavy atom. The lowest BCUT2D eigenvalue weighted by Gasteiger charge is -2.34. The number of hydrogen-bond acceptors (Lipinski definition) is 4. The summed E-state index contributed by atoms with van der Waals surface area (Å²) in [7, 11) is 0. The minimum absolute atomic E-state index is 0.0380. The molecule has 0 aromatic heterocycles. The van der Waals surface area contributed by atoms with Crippen molar-refractivity contribution >= 4 is 11.6 Å². The smallest absolute Gasteiger partial charge is 0.157 e. The molecule has 0 saturated heterocycles. The molecule has 234 valence electrons. The Balaban J connectivity index is 5.11. The second-order valence-electron chi connectivity index (χ2n) is 12.6. The number of rotatable bonds is 30. The van der Waals surface area contributed by atoms with Crippen LogP contribution in [0, 0.1) is 11.3 Å². The summed E-state index contributed by atoms with van der Waals surface area (Å²) in [6.45, 7) is 20.7. The predicted octanol–water partition coefficient (Wildman–Crippen LogP) is 10.4. The van der Waals surface area contributed by atoms with E-state index >= 15 is 0 Å². The lowest BCUT2D eigenvalue weighted by Crippen LogP contribution is -2.34.